The van der Waals surface area contributed by atoms with Gasteiger partial charge in [0.05, 0.1) is 6.42 Å². The first-order chi connectivity index (χ1) is 9.99. The van der Waals surface area contributed by atoms with Crippen molar-refractivity contribution in [2.24, 2.45) is 23.2 Å². The number of aliphatic carboxylic acids is 1. The molecule has 0 aromatic rings. The monoisotopic (exact) mass is 293 g/mol. The highest BCUT2D eigenvalue weighted by atomic mass is 16.4. The van der Waals surface area contributed by atoms with Crippen LogP contribution in [-0.4, -0.2) is 35.0 Å². The van der Waals surface area contributed by atoms with Gasteiger partial charge in [-0.15, -0.1) is 0 Å². The first-order valence-electron chi connectivity index (χ1n) is 8.49. The van der Waals surface area contributed by atoms with E-state index in [1.165, 1.54) is 38.5 Å². The van der Waals surface area contributed by atoms with Gasteiger partial charge in [-0.3, -0.25) is 9.59 Å². The van der Waals surface area contributed by atoms with E-state index in [9.17, 15) is 9.59 Å². The molecule has 4 nitrogen and oxygen atoms in total. The van der Waals surface area contributed by atoms with Gasteiger partial charge in [-0.2, -0.15) is 0 Å². The Hall–Kier alpha value is -1.06. The van der Waals surface area contributed by atoms with E-state index < -0.39 is 5.97 Å². The molecule has 0 atom stereocenters. The average molecular weight is 293 g/mol. The number of hydrogen-bond acceptors (Lipinski definition) is 2. The van der Waals surface area contributed by atoms with Crippen molar-refractivity contribution in [3.05, 3.63) is 0 Å². The summed E-state index contributed by atoms with van der Waals surface area (Å²) < 4.78 is 0. The van der Waals surface area contributed by atoms with E-state index in [4.69, 9.17) is 5.11 Å². The summed E-state index contributed by atoms with van der Waals surface area (Å²) >= 11 is 0. The molecule has 4 aliphatic carbocycles. The molecule has 4 bridgehead atoms. The quantitative estimate of drug-likeness (QED) is 0.819. The lowest BCUT2D eigenvalue weighted by atomic mass is 9.49. The van der Waals surface area contributed by atoms with Crippen LogP contribution in [0.5, 0.6) is 0 Å². The fourth-order valence-corrected chi connectivity index (χ4v) is 5.63. The van der Waals surface area contributed by atoms with Crippen LogP contribution in [-0.2, 0) is 9.59 Å². The van der Waals surface area contributed by atoms with Crippen LogP contribution < -0.4 is 0 Å². The number of nitrogens with zero attached hydrogens (tertiary/aromatic N) is 1. The predicted octanol–water partition coefficient (Wildman–Crippen LogP) is 2.92. The molecule has 0 saturated heterocycles. The minimum absolute atomic E-state index is 0.0560. The van der Waals surface area contributed by atoms with Crippen molar-refractivity contribution in [3.63, 3.8) is 0 Å². The molecule has 0 heterocycles. The summed E-state index contributed by atoms with van der Waals surface area (Å²) in [5, 5.41) is 8.80. The summed E-state index contributed by atoms with van der Waals surface area (Å²) in [4.78, 5) is 25.1. The lowest BCUT2D eigenvalue weighted by Gasteiger charge is -2.57. The van der Waals surface area contributed by atoms with Crippen LogP contribution in [0.1, 0.15) is 58.3 Å². The van der Waals surface area contributed by atoms with Gasteiger partial charge in [-0.25, -0.2) is 0 Å². The van der Waals surface area contributed by atoms with Gasteiger partial charge in [0.15, 0.2) is 0 Å². The molecule has 0 spiro atoms. The van der Waals surface area contributed by atoms with Crippen LogP contribution in [0.2, 0.25) is 0 Å². The average Bonchev–Trinajstić information content (AvgIpc) is 2.36. The first-order valence-corrected chi connectivity index (χ1v) is 8.49. The van der Waals surface area contributed by atoms with Gasteiger partial charge in [0.25, 0.3) is 0 Å². The molecule has 4 saturated carbocycles. The summed E-state index contributed by atoms with van der Waals surface area (Å²) in [5.74, 6) is 1.94. The third kappa shape index (κ3) is 3.09. The van der Waals surface area contributed by atoms with E-state index in [1.807, 2.05) is 6.92 Å². The number of hydrogen-bond donors (Lipinski definition) is 1. The molecule has 1 N–H and O–H groups in total. The minimum atomic E-state index is -0.823. The van der Waals surface area contributed by atoms with Crippen molar-refractivity contribution >= 4 is 11.9 Å². The van der Waals surface area contributed by atoms with Crippen molar-refractivity contribution < 1.29 is 14.7 Å². The SMILES string of the molecule is CCN(CCC(=O)O)C(=O)CC12CC3CC(CC(C3)C1)C2. The van der Waals surface area contributed by atoms with Crippen molar-refractivity contribution in [2.45, 2.75) is 58.3 Å². The molecule has 0 aromatic carbocycles. The van der Waals surface area contributed by atoms with Gasteiger partial charge in [0, 0.05) is 19.5 Å². The van der Waals surface area contributed by atoms with Crippen LogP contribution in [0, 0.1) is 23.2 Å². The second kappa shape index (κ2) is 5.62. The van der Waals surface area contributed by atoms with Gasteiger partial charge in [-0.1, -0.05) is 0 Å². The summed E-state index contributed by atoms with van der Waals surface area (Å²) in [6, 6.07) is 0. The van der Waals surface area contributed by atoms with Crippen LogP contribution in [0.4, 0.5) is 0 Å². The van der Waals surface area contributed by atoms with Gasteiger partial charge >= 0.3 is 5.97 Å². The fourth-order valence-electron chi connectivity index (χ4n) is 5.63. The maximum absolute atomic E-state index is 12.6. The van der Waals surface area contributed by atoms with Crippen molar-refractivity contribution in [1.82, 2.24) is 4.90 Å². The van der Waals surface area contributed by atoms with Crippen LogP contribution in [0.3, 0.4) is 0 Å². The molecule has 4 aliphatic rings. The Labute approximate surface area is 126 Å². The number of amides is 1. The smallest absolute Gasteiger partial charge is 0.305 e. The van der Waals surface area contributed by atoms with Gasteiger partial charge in [-0.05, 0) is 68.6 Å². The Bertz CT molecular complexity index is 396. The zero-order chi connectivity index (χ0) is 15.0. The van der Waals surface area contributed by atoms with Crippen LogP contribution >= 0.6 is 0 Å². The Kier molecular flexibility index (Phi) is 3.98. The molecule has 21 heavy (non-hydrogen) atoms. The van der Waals surface area contributed by atoms with Crippen LogP contribution in [0.25, 0.3) is 0 Å². The number of carboxylic acids is 1. The second-order valence-electron chi connectivity index (χ2n) is 7.71. The maximum Gasteiger partial charge on any atom is 0.305 e. The Morgan fingerprint density at radius 3 is 2.05 bits per heavy atom. The predicted molar refractivity (Wildman–Crippen MR) is 79.7 cm³/mol. The molecule has 1 amide bonds. The molecule has 4 rings (SSSR count). The second-order valence-corrected chi connectivity index (χ2v) is 7.71. The van der Waals surface area contributed by atoms with Gasteiger partial charge in [0.1, 0.15) is 0 Å². The van der Waals surface area contributed by atoms with E-state index in [-0.39, 0.29) is 17.7 Å². The van der Waals surface area contributed by atoms with E-state index in [1.54, 1.807) is 4.90 Å². The third-order valence-corrected chi connectivity index (χ3v) is 6.02. The highest BCUT2D eigenvalue weighted by molar-refractivity contribution is 5.77. The molecule has 0 radical (unpaired) electrons. The number of carboxylic acid groups (broad SMARTS) is 1. The molecule has 4 fully saturated rings. The molecule has 0 aliphatic heterocycles. The topological polar surface area (TPSA) is 57.6 Å². The van der Waals surface area contributed by atoms with E-state index in [0.29, 0.717) is 19.5 Å². The zero-order valence-electron chi connectivity index (χ0n) is 13.0. The fraction of sp³-hybridized carbons (Fsp3) is 0.882. The summed E-state index contributed by atoms with van der Waals surface area (Å²) in [7, 11) is 0. The summed E-state index contributed by atoms with van der Waals surface area (Å²) in [6.45, 7) is 2.93. The largest absolute Gasteiger partial charge is 0.481 e. The molecule has 0 unspecified atom stereocenters. The van der Waals surface area contributed by atoms with Crippen molar-refractivity contribution in [3.8, 4) is 0 Å². The zero-order valence-corrected chi connectivity index (χ0v) is 13.0. The van der Waals surface area contributed by atoms with E-state index in [0.717, 1.165) is 17.8 Å². The Morgan fingerprint density at radius 1 is 1.10 bits per heavy atom. The first kappa shape index (κ1) is 14.9. The molecule has 0 aromatic heterocycles. The summed E-state index contributed by atoms with van der Waals surface area (Å²) in [5.41, 5.74) is 0.252. The third-order valence-electron chi connectivity index (χ3n) is 6.02. The minimum Gasteiger partial charge on any atom is -0.481 e. The maximum atomic E-state index is 12.6. The summed E-state index contributed by atoms with van der Waals surface area (Å²) in [6.07, 6.45) is 8.60. The van der Waals surface area contributed by atoms with Gasteiger partial charge in [0.2, 0.25) is 5.91 Å². The highest BCUT2D eigenvalue weighted by Crippen LogP contribution is 2.61. The lowest BCUT2D eigenvalue weighted by Crippen LogP contribution is -2.48. The van der Waals surface area contributed by atoms with Crippen molar-refractivity contribution in [1.29, 1.82) is 0 Å². The standard InChI is InChI=1S/C17H27NO3/c1-2-18(4-3-16(20)21)15(19)11-17-8-12-5-13(9-17)7-14(6-12)10-17/h12-14H,2-11H2,1H3,(H,20,21). The van der Waals surface area contributed by atoms with Crippen LogP contribution in [0.15, 0.2) is 0 Å². The molecule has 4 heteroatoms. The number of carbonyl (C=O) groups is 2. The lowest BCUT2D eigenvalue weighted by molar-refractivity contribution is -0.141. The van der Waals surface area contributed by atoms with E-state index >= 15 is 0 Å². The molecular formula is C17H27NO3. The van der Waals surface area contributed by atoms with E-state index in [2.05, 4.69) is 0 Å². The normalized spacial score (nSPS) is 36.7. The number of rotatable bonds is 6. The Morgan fingerprint density at radius 2 is 1.62 bits per heavy atom. The number of carbonyl (C=O) groups excluding carboxylic acids is 1. The Balaban J connectivity index is 1.62. The molecule has 118 valence electrons. The molecular weight excluding hydrogens is 266 g/mol. The van der Waals surface area contributed by atoms with Crippen molar-refractivity contribution in [2.75, 3.05) is 13.1 Å². The van der Waals surface area contributed by atoms with Gasteiger partial charge < -0.3 is 10.0 Å². The highest BCUT2D eigenvalue weighted by Gasteiger charge is 2.51.